The first-order chi connectivity index (χ1) is 12.5. The molecule has 0 spiro atoms. The molecule has 2 aromatic heterocycles. The molecule has 1 aromatic carbocycles. The fourth-order valence-electron chi connectivity index (χ4n) is 2.85. The van der Waals surface area contributed by atoms with E-state index in [0.717, 1.165) is 10.5 Å². The Morgan fingerprint density at radius 2 is 2.12 bits per heavy atom. The minimum Gasteiger partial charge on any atom is -0.334 e. The highest BCUT2D eigenvalue weighted by molar-refractivity contribution is 7.08. The Bertz CT molecular complexity index is 988. The Morgan fingerprint density at radius 1 is 1.31 bits per heavy atom. The van der Waals surface area contributed by atoms with Crippen LogP contribution in [-0.4, -0.2) is 27.0 Å². The number of amides is 3. The predicted molar refractivity (Wildman–Crippen MR) is 90.4 cm³/mol. The van der Waals surface area contributed by atoms with Crippen molar-refractivity contribution in [3.05, 3.63) is 58.3 Å². The highest BCUT2D eigenvalue weighted by Crippen LogP contribution is 2.31. The van der Waals surface area contributed by atoms with Gasteiger partial charge in [-0.05, 0) is 24.4 Å². The van der Waals surface area contributed by atoms with Crippen molar-refractivity contribution in [3.8, 4) is 11.5 Å². The minimum absolute atomic E-state index is 0.105. The van der Waals surface area contributed by atoms with Crippen LogP contribution in [0.4, 0.5) is 9.18 Å². The van der Waals surface area contributed by atoms with Crippen molar-refractivity contribution in [3.63, 3.8) is 0 Å². The van der Waals surface area contributed by atoms with Crippen LogP contribution in [0.1, 0.15) is 18.3 Å². The molecule has 3 aromatic rings. The number of carbonyl (C=O) groups is 2. The van der Waals surface area contributed by atoms with E-state index in [9.17, 15) is 14.0 Å². The lowest BCUT2D eigenvalue weighted by Crippen LogP contribution is -2.41. The van der Waals surface area contributed by atoms with Gasteiger partial charge in [0, 0.05) is 10.9 Å². The molecule has 0 unspecified atom stereocenters. The van der Waals surface area contributed by atoms with Gasteiger partial charge in [-0.25, -0.2) is 9.18 Å². The van der Waals surface area contributed by atoms with Gasteiger partial charge >= 0.3 is 6.03 Å². The SMILES string of the molecule is C[C@]1(c2ccccc2F)NC(=O)N(Cc2noc(-c3ccsc3)n2)C1=O. The average Bonchev–Trinajstić information content (AvgIpc) is 3.33. The standard InChI is InChI=1S/C17H13FN4O3S/c1-17(11-4-2-3-5-12(11)18)15(23)22(16(24)20-17)8-13-19-14(25-21-13)10-6-7-26-9-10/h2-7,9H,8H2,1H3,(H,20,24)/t17-/m1/s1. The van der Waals surface area contributed by atoms with Gasteiger partial charge in [0.05, 0.1) is 12.1 Å². The van der Waals surface area contributed by atoms with E-state index in [1.165, 1.54) is 36.5 Å². The Labute approximate surface area is 151 Å². The maximum absolute atomic E-state index is 14.1. The zero-order valence-electron chi connectivity index (χ0n) is 13.6. The molecule has 7 nitrogen and oxygen atoms in total. The molecule has 0 radical (unpaired) electrons. The third-order valence-corrected chi connectivity index (χ3v) is 4.91. The van der Waals surface area contributed by atoms with Gasteiger partial charge in [-0.15, -0.1) is 0 Å². The van der Waals surface area contributed by atoms with Crippen LogP contribution in [0.5, 0.6) is 0 Å². The van der Waals surface area contributed by atoms with Crippen molar-refractivity contribution in [2.24, 2.45) is 0 Å². The summed E-state index contributed by atoms with van der Waals surface area (Å²) in [7, 11) is 0. The van der Waals surface area contributed by atoms with Crippen molar-refractivity contribution in [2.75, 3.05) is 0 Å². The average molecular weight is 372 g/mol. The van der Waals surface area contributed by atoms with E-state index >= 15 is 0 Å². The zero-order valence-corrected chi connectivity index (χ0v) is 14.4. The second-order valence-corrected chi connectivity index (χ2v) is 6.73. The summed E-state index contributed by atoms with van der Waals surface area (Å²) in [5.41, 5.74) is -0.613. The van der Waals surface area contributed by atoms with Gasteiger partial charge in [0.25, 0.3) is 11.8 Å². The van der Waals surface area contributed by atoms with E-state index in [1.807, 2.05) is 16.8 Å². The first-order valence-corrected chi connectivity index (χ1v) is 8.67. The van der Waals surface area contributed by atoms with Crippen molar-refractivity contribution in [1.82, 2.24) is 20.4 Å². The summed E-state index contributed by atoms with van der Waals surface area (Å²) in [5, 5.41) is 10.1. The number of rotatable bonds is 4. The van der Waals surface area contributed by atoms with E-state index in [-0.39, 0.29) is 17.9 Å². The molecular formula is C17H13FN4O3S. The van der Waals surface area contributed by atoms with E-state index < -0.39 is 23.3 Å². The molecule has 9 heteroatoms. The van der Waals surface area contributed by atoms with Crippen LogP contribution >= 0.6 is 11.3 Å². The topological polar surface area (TPSA) is 88.3 Å². The number of hydrogen-bond donors (Lipinski definition) is 1. The smallest absolute Gasteiger partial charge is 0.325 e. The van der Waals surface area contributed by atoms with E-state index in [4.69, 9.17) is 4.52 Å². The molecule has 0 aliphatic carbocycles. The predicted octanol–water partition coefficient (Wildman–Crippen LogP) is 2.90. The third kappa shape index (κ3) is 2.57. The first-order valence-electron chi connectivity index (χ1n) is 7.73. The summed E-state index contributed by atoms with van der Waals surface area (Å²) >= 11 is 1.48. The third-order valence-electron chi connectivity index (χ3n) is 4.22. The van der Waals surface area contributed by atoms with Crippen LogP contribution in [0.3, 0.4) is 0 Å². The van der Waals surface area contributed by atoms with Gasteiger partial charge in [-0.1, -0.05) is 23.4 Å². The fourth-order valence-corrected chi connectivity index (χ4v) is 3.48. The number of halogens is 1. The number of thiophene rings is 1. The van der Waals surface area contributed by atoms with Crippen molar-refractivity contribution < 1.29 is 18.5 Å². The molecule has 1 atom stereocenters. The van der Waals surface area contributed by atoms with Crippen molar-refractivity contribution in [1.29, 1.82) is 0 Å². The van der Waals surface area contributed by atoms with Gasteiger partial charge < -0.3 is 9.84 Å². The van der Waals surface area contributed by atoms with Crippen LogP contribution < -0.4 is 5.32 Å². The quantitative estimate of drug-likeness (QED) is 0.712. The lowest BCUT2D eigenvalue weighted by Gasteiger charge is -2.22. The molecule has 3 heterocycles. The molecule has 4 rings (SSSR count). The highest BCUT2D eigenvalue weighted by atomic mass is 32.1. The molecule has 1 fully saturated rings. The lowest BCUT2D eigenvalue weighted by molar-refractivity contribution is -0.131. The molecule has 1 aliphatic heterocycles. The van der Waals surface area contributed by atoms with E-state index in [1.54, 1.807) is 6.07 Å². The van der Waals surface area contributed by atoms with E-state index in [2.05, 4.69) is 15.5 Å². The number of imide groups is 1. The maximum Gasteiger partial charge on any atom is 0.325 e. The Morgan fingerprint density at radius 3 is 2.85 bits per heavy atom. The zero-order chi connectivity index (χ0) is 18.3. The van der Waals surface area contributed by atoms with Crippen LogP contribution in [-0.2, 0) is 16.9 Å². The number of hydrogen-bond acceptors (Lipinski definition) is 6. The van der Waals surface area contributed by atoms with Crippen LogP contribution in [0, 0.1) is 5.82 Å². The molecular weight excluding hydrogens is 359 g/mol. The largest absolute Gasteiger partial charge is 0.334 e. The molecule has 132 valence electrons. The van der Waals surface area contributed by atoms with Gasteiger partial charge in [0.1, 0.15) is 11.4 Å². The molecule has 0 bridgehead atoms. The van der Waals surface area contributed by atoms with Gasteiger partial charge in [-0.3, -0.25) is 9.69 Å². The number of urea groups is 1. The number of benzene rings is 1. The summed E-state index contributed by atoms with van der Waals surface area (Å²) in [6.45, 7) is 1.31. The molecule has 1 aliphatic rings. The van der Waals surface area contributed by atoms with Crippen LogP contribution in [0.25, 0.3) is 11.5 Å². The first kappa shape index (κ1) is 16.4. The number of nitrogens with zero attached hydrogens (tertiary/aromatic N) is 3. The Balaban J connectivity index is 1.60. The fraction of sp³-hybridized carbons (Fsp3) is 0.176. The normalized spacial score (nSPS) is 19.8. The highest BCUT2D eigenvalue weighted by Gasteiger charge is 2.50. The second-order valence-electron chi connectivity index (χ2n) is 5.95. The second kappa shape index (κ2) is 6.03. The number of nitrogens with one attached hydrogen (secondary N) is 1. The lowest BCUT2D eigenvalue weighted by atomic mass is 9.91. The molecule has 3 amide bonds. The number of aromatic nitrogens is 2. The molecule has 1 saturated heterocycles. The monoisotopic (exact) mass is 372 g/mol. The molecule has 26 heavy (non-hydrogen) atoms. The summed E-state index contributed by atoms with van der Waals surface area (Å²) in [6.07, 6.45) is 0. The van der Waals surface area contributed by atoms with Crippen LogP contribution in [0.15, 0.2) is 45.6 Å². The maximum atomic E-state index is 14.1. The molecule has 0 saturated carbocycles. The van der Waals surface area contributed by atoms with Crippen LogP contribution in [0.2, 0.25) is 0 Å². The van der Waals surface area contributed by atoms with Gasteiger partial charge in [0.2, 0.25) is 0 Å². The minimum atomic E-state index is -1.48. The Kier molecular flexibility index (Phi) is 3.80. The van der Waals surface area contributed by atoms with Gasteiger partial charge in [0.15, 0.2) is 5.82 Å². The van der Waals surface area contributed by atoms with Gasteiger partial charge in [-0.2, -0.15) is 16.3 Å². The van der Waals surface area contributed by atoms with Crippen molar-refractivity contribution in [2.45, 2.75) is 19.0 Å². The van der Waals surface area contributed by atoms with E-state index in [0.29, 0.717) is 5.89 Å². The summed E-state index contributed by atoms with van der Waals surface area (Å²) in [6, 6.07) is 7.03. The summed E-state index contributed by atoms with van der Waals surface area (Å²) in [4.78, 5) is 30.3. The number of carbonyl (C=O) groups excluding carboxylic acids is 2. The summed E-state index contributed by atoms with van der Waals surface area (Å²) in [5.74, 6) is -0.642. The Hall–Kier alpha value is -3.07. The summed E-state index contributed by atoms with van der Waals surface area (Å²) < 4.78 is 19.3. The molecule has 1 N–H and O–H groups in total. The van der Waals surface area contributed by atoms with Crippen molar-refractivity contribution >= 4 is 23.3 Å².